The van der Waals surface area contributed by atoms with Crippen LogP contribution in [0.5, 0.6) is 11.8 Å². The number of nitrogens with one attached hydrogen (secondary N) is 2. The summed E-state index contributed by atoms with van der Waals surface area (Å²) in [6.07, 6.45) is 14.8. The molecule has 5 saturated heterocycles. The van der Waals surface area contributed by atoms with Crippen molar-refractivity contribution in [2.75, 3.05) is 68.8 Å². The number of piperazine rings is 1. The van der Waals surface area contributed by atoms with Crippen molar-refractivity contribution < 1.29 is 28.3 Å². The van der Waals surface area contributed by atoms with Gasteiger partial charge in [0.15, 0.2) is 11.6 Å². The zero-order valence-electron chi connectivity index (χ0n) is 47.7. The number of piperidine rings is 2. The highest BCUT2D eigenvalue weighted by atomic mass is 19.1. The van der Waals surface area contributed by atoms with Crippen molar-refractivity contribution in [2.24, 2.45) is 18.9 Å². The average Bonchev–Trinajstić information content (AvgIpc) is 4.49. The molecule has 18 heteroatoms. The Balaban J connectivity index is 0.00000225. The molecule has 0 saturated carbocycles. The van der Waals surface area contributed by atoms with Gasteiger partial charge in [-0.05, 0) is 142 Å². The van der Waals surface area contributed by atoms with Gasteiger partial charge in [-0.25, -0.2) is 4.39 Å². The van der Waals surface area contributed by atoms with Gasteiger partial charge >= 0.3 is 6.01 Å². The number of halogens is 1. The SMILES string of the molecule is CCC.CCc1cccc2cc(O)cc(-c3ncc4c(N5CC6CCC(C5)N6)nc(OCCN5CCC(CC6CCN(c7cc(CC(=O)N8CCCC8C(=O)NC(C)c8ccc(-c9ccnn9C)cc8)on7)CC6)CC5)nc4c3F)c12. The minimum absolute atomic E-state index is 0.0519. The summed E-state index contributed by atoms with van der Waals surface area (Å²) < 4.78 is 31.0. The lowest BCUT2D eigenvalue weighted by atomic mass is 9.83. The van der Waals surface area contributed by atoms with Crippen molar-refractivity contribution in [1.29, 1.82) is 0 Å². The Morgan fingerprint density at radius 2 is 1.63 bits per heavy atom. The third kappa shape index (κ3) is 12.4. The second-order valence-electron chi connectivity index (χ2n) is 23.2. The number of carbonyl (C=O) groups excluding carboxylic acids is 2. The number of phenolic OH excluding ortho intramolecular Hbond substituents is 1. The Morgan fingerprint density at radius 1 is 0.889 bits per heavy atom. The number of ether oxygens (including phenoxy) is 1. The van der Waals surface area contributed by atoms with Gasteiger partial charge in [0, 0.05) is 82.4 Å². The van der Waals surface area contributed by atoms with Gasteiger partial charge in [0.2, 0.25) is 11.8 Å². The van der Waals surface area contributed by atoms with Crippen molar-refractivity contribution in [1.82, 2.24) is 50.3 Å². The molecule has 7 aromatic rings. The van der Waals surface area contributed by atoms with Crippen LogP contribution >= 0.6 is 0 Å². The lowest BCUT2D eigenvalue weighted by Crippen LogP contribution is -2.51. The maximum atomic E-state index is 17.1. The highest BCUT2D eigenvalue weighted by Crippen LogP contribution is 2.40. The van der Waals surface area contributed by atoms with Gasteiger partial charge in [0.1, 0.15) is 41.2 Å². The van der Waals surface area contributed by atoms with Crippen molar-refractivity contribution in [3.63, 3.8) is 0 Å². The molecule has 5 aliphatic rings. The van der Waals surface area contributed by atoms with Crippen LogP contribution in [-0.4, -0.2) is 134 Å². The molecule has 5 aliphatic heterocycles. The molecule has 5 fully saturated rings. The molecule has 17 nitrogen and oxygen atoms in total. The third-order valence-electron chi connectivity index (χ3n) is 17.4. The monoisotopic (exact) mass is 1100 g/mol. The van der Waals surface area contributed by atoms with Gasteiger partial charge < -0.3 is 39.7 Å². The van der Waals surface area contributed by atoms with Gasteiger partial charge in [0.25, 0.3) is 0 Å². The topological polar surface area (TPSA) is 183 Å². The number of aromatic nitrogens is 6. The molecule has 0 aliphatic carbocycles. The molecule has 3 N–H and O–H groups in total. The molecular formula is C63H79FN12O5. The molecule has 9 heterocycles. The van der Waals surface area contributed by atoms with Crippen LogP contribution in [0.4, 0.5) is 16.0 Å². The molecule has 0 radical (unpaired) electrons. The number of aryl methyl sites for hydroxylation is 2. The summed E-state index contributed by atoms with van der Waals surface area (Å²) >= 11 is 0. The van der Waals surface area contributed by atoms with Gasteiger partial charge in [-0.15, -0.1) is 0 Å². The highest BCUT2D eigenvalue weighted by Gasteiger charge is 2.37. The summed E-state index contributed by atoms with van der Waals surface area (Å²) in [6.45, 7) is 15.2. The van der Waals surface area contributed by atoms with Crippen LogP contribution in [0.1, 0.15) is 115 Å². The summed E-state index contributed by atoms with van der Waals surface area (Å²) in [5.74, 6) is 2.47. The normalized spacial score (nSPS) is 20.2. The highest BCUT2D eigenvalue weighted by molar-refractivity contribution is 6.01. The van der Waals surface area contributed by atoms with Crippen LogP contribution in [0.3, 0.4) is 0 Å². The molecular weight excluding hydrogens is 1020 g/mol. The van der Waals surface area contributed by atoms with Gasteiger partial charge in [-0.3, -0.25) is 24.2 Å². The predicted molar refractivity (Wildman–Crippen MR) is 314 cm³/mol. The third-order valence-corrected chi connectivity index (χ3v) is 17.4. The molecule has 3 aromatic carbocycles. The first kappa shape index (κ1) is 55.7. The summed E-state index contributed by atoms with van der Waals surface area (Å²) in [4.78, 5) is 50.3. The molecule has 2 bridgehead atoms. The van der Waals surface area contributed by atoms with E-state index in [-0.39, 0.29) is 47.2 Å². The predicted octanol–water partition coefficient (Wildman–Crippen LogP) is 9.81. The van der Waals surface area contributed by atoms with Crippen molar-refractivity contribution in [3.05, 3.63) is 102 Å². The first-order valence-corrected chi connectivity index (χ1v) is 29.8. The van der Waals surface area contributed by atoms with Crippen molar-refractivity contribution in [2.45, 2.75) is 129 Å². The number of hydrogen-bond acceptors (Lipinski definition) is 14. The van der Waals surface area contributed by atoms with Gasteiger partial charge in [0.05, 0.1) is 23.5 Å². The smallest absolute Gasteiger partial charge is 0.319 e. The largest absolute Gasteiger partial charge is 0.508 e. The van der Waals surface area contributed by atoms with Crippen LogP contribution < -0.4 is 25.2 Å². The number of pyridine rings is 1. The number of anilines is 2. The summed E-state index contributed by atoms with van der Waals surface area (Å²) in [7, 11) is 1.91. The molecule has 4 unspecified atom stereocenters. The van der Waals surface area contributed by atoms with Gasteiger partial charge in [-0.2, -0.15) is 15.1 Å². The number of aromatic hydroxyl groups is 1. The Morgan fingerprint density at radius 3 is 2.35 bits per heavy atom. The molecule has 4 aromatic heterocycles. The first-order valence-electron chi connectivity index (χ1n) is 29.8. The molecule has 428 valence electrons. The Hall–Kier alpha value is -7.18. The lowest BCUT2D eigenvalue weighted by Gasteiger charge is -2.36. The van der Waals surface area contributed by atoms with E-state index in [2.05, 4.69) is 56.4 Å². The number of carbonyl (C=O) groups is 2. The van der Waals surface area contributed by atoms with Crippen LogP contribution in [0.15, 0.2) is 83.6 Å². The van der Waals surface area contributed by atoms with Gasteiger partial charge in [-0.1, -0.05) is 74.8 Å². The molecule has 2 amide bonds. The van der Waals surface area contributed by atoms with E-state index in [1.165, 1.54) is 12.8 Å². The number of benzene rings is 3. The van der Waals surface area contributed by atoms with Crippen LogP contribution in [-0.2, 0) is 29.5 Å². The standard InChI is InChI=1S/C60H71FN12O5.C3H8/c1-4-40-7-5-8-43-30-46(74)31-48(54(40)43)56-55(61)57-49(34-62-56)58(72-35-44-14-15-45(36-72)65-44)67-60(66-57)77-28-27-70-23-17-38(18-24-70)29-39-19-25-71(26-20-39)52-32-47(78-68-52)33-53(75)73-22-6-9-51(73)59(76)64-37(2)41-10-12-42(13-11-41)50-16-21-63-69(50)3;1-3-2/h5,7-8,10-13,16,21,30-32,34,37-39,44-45,51,65,74H,4,6,9,14-15,17-20,22-29,33,35-36H2,1-3H3,(H,64,76);3H2,1-2H3. The number of nitrogens with zero attached hydrogens (tertiary/aromatic N) is 10. The van der Waals surface area contributed by atoms with Crippen molar-refractivity contribution >= 4 is 45.1 Å². The molecule has 0 spiro atoms. The fourth-order valence-electron chi connectivity index (χ4n) is 13.2. The molecule has 81 heavy (non-hydrogen) atoms. The lowest BCUT2D eigenvalue weighted by molar-refractivity contribution is -0.138. The average molecular weight is 1100 g/mol. The first-order chi connectivity index (χ1) is 39.4. The maximum absolute atomic E-state index is 17.1. The molecule has 4 atom stereocenters. The quantitative estimate of drug-likeness (QED) is 0.0831. The number of rotatable bonds is 16. The van der Waals surface area contributed by atoms with E-state index in [1.807, 2.05) is 73.3 Å². The van der Waals surface area contributed by atoms with E-state index in [9.17, 15) is 14.7 Å². The van der Waals surface area contributed by atoms with E-state index in [4.69, 9.17) is 24.2 Å². The van der Waals surface area contributed by atoms with E-state index in [0.717, 1.165) is 136 Å². The maximum Gasteiger partial charge on any atom is 0.319 e. The fourth-order valence-corrected chi connectivity index (χ4v) is 13.2. The molecule has 12 rings (SSSR count). The fraction of sp³-hybridized carbons (Fsp3) is 0.508. The Bertz CT molecular complexity index is 3300. The summed E-state index contributed by atoms with van der Waals surface area (Å²) in [5, 5.41) is 28.5. The van der Waals surface area contributed by atoms with Crippen LogP contribution in [0.25, 0.3) is 44.2 Å². The minimum Gasteiger partial charge on any atom is -0.508 e. The summed E-state index contributed by atoms with van der Waals surface area (Å²) in [6, 6.07) is 21.4. The van der Waals surface area contributed by atoms with Crippen LogP contribution in [0.2, 0.25) is 0 Å². The number of fused-ring (bicyclic) bond motifs is 4. The van der Waals surface area contributed by atoms with Crippen molar-refractivity contribution in [3.8, 4) is 34.3 Å². The minimum atomic E-state index is -0.553. The number of amides is 2. The van der Waals surface area contributed by atoms with E-state index in [1.54, 1.807) is 29.4 Å². The van der Waals surface area contributed by atoms with E-state index >= 15 is 4.39 Å². The number of phenols is 1. The van der Waals surface area contributed by atoms with Crippen LogP contribution in [0, 0.1) is 17.7 Å². The zero-order chi connectivity index (χ0) is 56.1. The van der Waals surface area contributed by atoms with E-state index < -0.39 is 11.9 Å². The summed E-state index contributed by atoms with van der Waals surface area (Å²) in [5.41, 5.74) is 4.96. The number of hydrogen-bond donors (Lipinski definition) is 3. The number of likely N-dealkylation sites (tertiary alicyclic amines) is 2. The Kier molecular flexibility index (Phi) is 17.1. The Labute approximate surface area is 474 Å². The second-order valence-corrected chi connectivity index (χ2v) is 23.2. The van der Waals surface area contributed by atoms with E-state index in [0.29, 0.717) is 66.0 Å². The zero-order valence-corrected chi connectivity index (χ0v) is 47.7. The second kappa shape index (κ2) is 24.9.